The molecule has 0 spiro atoms. The van der Waals surface area contributed by atoms with Crippen LogP contribution in [0.1, 0.15) is 23.2 Å². The monoisotopic (exact) mass is 412 g/mol. The Kier molecular flexibility index (Phi) is 5.35. The van der Waals surface area contributed by atoms with E-state index in [4.69, 9.17) is 16.3 Å². The first-order chi connectivity index (χ1) is 14.0. The molecule has 0 aliphatic carbocycles. The molecule has 1 fully saturated rings. The number of likely N-dealkylation sites (tertiary alicyclic amines) is 1. The number of hydrogen-bond acceptors (Lipinski definition) is 6. The molecule has 0 atom stereocenters. The van der Waals surface area contributed by atoms with Gasteiger partial charge in [0.15, 0.2) is 0 Å². The number of benzene rings is 1. The van der Waals surface area contributed by atoms with Crippen LogP contribution in [0.2, 0.25) is 5.02 Å². The summed E-state index contributed by atoms with van der Waals surface area (Å²) in [5.74, 6) is 0.927. The van der Waals surface area contributed by atoms with Crippen LogP contribution < -0.4 is 10.1 Å². The van der Waals surface area contributed by atoms with Crippen molar-refractivity contribution < 1.29 is 9.53 Å². The van der Waals surface area contributed by atoms with Crippen molar-refractivity contribution in [2.45, 2.75) is 12.8 Å². The molecule has 1 aliphatic heterocycles. The molecule has 0 radical (unpaired) electrons. The van der Waals surface area contributed by atoms with Crippen molar-refractivity contribution >= 4 is 29.1 Å². The first-order valence-electron chi connectivity index (χ1n) is 9.31. The van der Waals surface area contributed by atoms with E-state index in [0.29, 0.717) is 33.7 Å². The summed E-state index contributed by atoms with van der Waals surface area (Å²) in [7, 11) is 3.39. The van der Waals surface area contributed by atoms with Crippen LogP contribution in [0, 0.1) is 0 Å². The van der Waals surface area contributed by atoms with Crippen LogP contribution in [0.3, 0.4) is 0 Å². The SMILES string of the molecule is COc1cc(C(=O)N2CCCC2)ccc1Nc1ncc(Cl)c(-c2cnn(C)c2)n1. The fraction of sp³-hybridized carbons (Fsp3) is 0.300. The zero-order chi connectivity index (χ0) is 20.4. The molecule has 1 amide bonds. The Labute approximate surface area is 173 Å². The van der Waals surface area contributed by atoms with E-state index in [1.807, 2.05) is 18.1 Å². The third kappa shape index (κ3) is 4.02. The van der Waals surface area contributed by atoms with E-state index in [1.54, 1.807) is 36.2 Å². The molecule has 150 valence electrons. The molecule has 3 aromatic rings. The summed E-state index contributed by atoms with van der Waals surface area (Å²) in [4.78, 5) is 23.3. The minimum Gasteiger partial charge on any atom is -0.495 e. The molecular weight excluding hydrogens is 392 g/mol. The number of aryl methyl sites for hydroxylation is 1. The molecule has 0 bridgehead atoms. The minimum atomic E-state index is 0.0222. The van der Waals surface area contributed by atoms with Crippen molar-refractivity contribution in [3.05, 3.63) is 47.4 Å². The van der Waals surface area contributed by atoms with Gasteiger partial charge in [-0.05, 0) is 31.0 Å². The van der Waals surface area contributed by atoms with Crippen LogP contribution in [0.5, 0.6) is 5.75 Å². The fourth-order valence-corrected chi connectivity index (χ4v) is 3.52. The lowest BCUT2D eigenvalue weighted by Gasteiger charge is -2.17. The summed E-state index contributed by atoms with van der Waals surface area (Å²) in [5, 5.41) is 7.73. The van der Waals surface area contributed by atoms with E-state index >= 15 is 0 Å². The number of halogens is 1. The summed E-state index contributed by atoms with van der Waals surface area (Å²) in [6, 6.07) is 5.31. The van der Waals surface area contributed by atoms with Gasteiger partial charge in [-0.3, -0.25) is 9.48 Å². The number of amides is 1. The quantitative estimate of drug-likeness (QED) is 0.690. The molecule has 8 nitrogen and oxygen atoms in total. The Balaban J connectivity index is 1.60. The van der Waals surface area contributed by atoms with Crippen LogP contribution in [-0.2, 0) is 7.05 Å². The number of aromatic nitrogens is 4. The van der Waals surface area contributed by atoms with Gasteiger partial charge < -0.3 is 15.0 Å². The highest BCUT2D eigenvalue weighted by Crippen LogP contribution is 2.31. The molecule has 1 aromatic carbocycles. The Morgan fingerprint density at radius 3 is 2.72 bits per heavy atom. The second-order valence-electron chi connectivity index (χ2n) is 6.83. The third-order valence-electron chi connectivity index (χ3n) is 4.81. The van der Waals surface area contributed by atoms with E-state index in [2.05, 4.69) is 20.4 Å². The normalized spacial score (nSPS) is 13.6. The second-order valence-corrected chi connectivity index (χ2v) is 7.24. The fourth-order valence-electron chi connectivity index (χ4n) is 3.32. The molecule has 0 unspecified atom stereocenters. The van der Waals surface area contributed by atoms with Gasteiger partial charge in [-0.25, -0.2) is 9.97 Å². The van der Waals surface area contributed by atoms with E-state index in [0.717, 1.165) is 31.5 Å². The predicted octanol–water partition coefficient (Wildman–Crippen LogP) is 3.52. The highest BCUT2D eigenvalue weighted by atomic mass is 35.5. The zero-order valence-electron chi connectivity index (χ0n) is 16.2. The van der Waals surface area contributed by atoms with E-state index in [1.165, 1.54) is 6.20 Å². The minimum absolute atomic E-state index is 0.0222. The summed E-state index contributed by atoms with van der Waals surface area (Å²) < 4.78 is 7.17. The number of nitrogens with one attached hydrogen (secondary N) is 1. The Morgan fingerprint density at radius 1 is 1.24 bits per heavy atom. The van der Waals surface area contributed by atoms with Gasteiger partial charge in [0.25, 0.3) is 5.91 Å². The van der Waals surface area contributed by atoms with Crippen molar-refractivity contribution in [2.24, 2.45) is 7.05 Å². The Bertz CT molecular complexity index is 1050. The number of ether oxygens (including phenoxy) is 1. The highest BCUT2D eigenvalue weighted by molar-refractivity contribution is 6.32. The average Bonchev–Trinajstić information content (AvgIpc) is 3.41. The molecular formula is C20H21ClN6O2. The number of anilines is 2. The summed E-state index contributed by atoms with van der Waals surface area (Å²) >= 11 is 6.26. The number of carbonyl (C=O) groups is 1. The maximum atomic E-state index is 12.6. The van der Waals surface area contributed by atoms with E-state index < -0.39 is 0 Å². The molecule has 1 aliphatic rings. The molecule has 9 heteroatoms. The molecule has 1 N–H and O–H groups in total. The molecule has 29 heavy (non-hydrogen) atoms. The maximum absolute atomic E-state index is 12.6. The number of hydrogen-bond donors (Lipinski definition) is 1. The van der Waals surface area contributed by atoms with Crippen molar-refractivity contribution in [2.75, 3.05) is 25.5 Å². The largest absolute Gasteiger partial charge is 0.495 e. The average molecular weight is 413 g/mol. The molecule has 3 heterocycles. The van der Waals surface area contributed by atoms with Gasteiger partial charge in [0.2, 0.25) is 5.95 Å². The number of rotatable bonds is 5. The van der Waals surface area contributed by atoms with Gasteiger partial charge >= 0.3 is 0 Å². The standard InChI is InChI=1S/C20H21ClN6O2/c1-26-12-14(10-23-26)18-15(21)11-22-20(25-18)24-16-6-5-13(9-17(16)29-2)19(28)27-7-3-4-8-27/h5-6,9-12H,3-4,7-8H2,1-2H3,(H,22,24,25). The van der Waals surface area contributed by atoms with Crippen molar-refractivity contribution in [3.63, 3.8) is 0 Å². The van der Waals surface area contributed by atoms with Gasteiger partial charge in [-0.15, -0.1) is 0 Å². The molecule has 4 rings (SSSR count). The summed E-state index contributed by atoms with van der Waals surface area (Å²) in [5.41, 5.74) is 2.63. The predicted molar refractivity (Wildman–Crippen MR) is 111 cm³/mol. The summed E-state index contributed by atoms with van der Waals surface area (Å²) in [6.07, 6.45) is 7.16. The summed E-state index contributed by atoms with van der Waals surface area (Å²) in [6.45, 7) is 1.60. The lowest BCUT2D eigenvalue weighted by molar-refractivity contribution is 0.0792. The van der Waals surface area contributed by atoms with Gasteiger partial charge in [-0.2, -0.15) is 5.10 Å². The molecule has 1 saturated heterocycles. The Hall–Kier alpha value is -3.13. The van der Waals surface area contributed by atoms with Crippen molar-refractivity contribution in [3.8, 4) is 17.0 Å². The van der Waals surface area contributed by atoms with Gasteiger partial charge in [0.1, 0.15) is 5.75 Å². The third-order valence-corrected chi connectivity index (χ3v) is 5.09. The lowest BCUT2D eigenvalue weighted by atomic mass is 10.1. The number of methoxy groups -OCH3 is 1. The lowest BCUT2D eigenvalue weighted by Crippen LogP contribution is -2.27. The number of carbonyl (C=O) groups excluding carboxylic acids is 1. The topological polar surface area (TPSA) is 85.2 Å². The van der Waals surface area contributed by atoms with Gasteiger partial charge in [-0.1, -0.05) is 11.6 Å². The van der Waals surface area contributed by atoms with Crippen LogP contribution in [0.25, 0.3) is 11.3 Å². The number of nitrogens with zero attached hydrogens (tertiary/aromatic N) is 5. The Morgan fingerprint density at radius 2 is 2.03 bits per heavy atom. The molecule has 2 aromatic heterocycles. The van der Waals surface area contributed by atoms with Crippen LogP contribution in [0.4, 0.5) is 11.6 Å². The van der Waals surface area contributed by atoms with Crippen LogP contribution in [-0.4, -0.2) is 50.8 Å². The van der Waals surface area contributed by atoms with E-state index in [9.17, 15) is 4.79 Å². The molecule has 0 saturated carbocycles. The van der Waals surface area contributed by atoms with Crippen LogP contribution in [0.15, 0.2) is 36.8 Å². The van der Waals surface area contributed by atoms with Gasteiger partial charge in [0, 0.05) is 37.5 Å². The maximum Gasteiger partial charge on any atom is 0.253 e. The van der Waals surface area contributed by atoms with Crippen LogP contribution >= 0.6 is 11.6 Å². The smallest absolute Gasteiger partial charge is 0.253 e. The van der Waals surface area contributed by atoms with E-state index in [-0.39, 0.29) is 5.91 Å². The highest BCUT2D eigenvalue weighted by Gasteiger charge is 2.21. The first-order valence-corrected chi connectivity index (χ1v) is 9.69. The zero-order valence-corrected chi connectivity index (χ0v) is 17.0. The second kappa shape index (κ2) is 8.08. The first kappa shape index (κ1) is 19.2. The van der Waals surface area contributed by atoms with Crippen molar-refractivity contribution in [1.29, 1.82) is 0 Å². The van der Waals surface area contributed by atoms with Crippen molar-refractivity contribution in [1.82, 2.24) is 24.6 Å². The van der Waals surface area contributed by atoms with Gasteiger partial charge in [0.05, 0.1) is 35.9 Å².